The molecule has 0 spiro atoms. The lowest BCUT2D eigenvalue weighted by Gasteiger charge is -2.36. The summed E-state index contributed by atoms with van der Waals surface area (Å²) in [6.07, 6.45) is 3.76. The molecule has 0 bridgehead atoms. The Bertz CT molecular complexity index is 1100. The van der Waals surface area contributed by atoms with Crippen molar-refractivity contribution in [3.63, 3.8) is 0 Å². The van der Waals surface area contributed by atoms with Gasteiger partial charge in [0.1, 0.15) is 17.7 Å². The average Bonchev–Trinajstić information content (AvgIpc) is 2.86. The maximum absolute atomic E-state index is 13.1. The van der Waals surface area contributed by atoms with Crippen molar-refractivity contribution in [1.29, 1.82) is 10.5 Å². The van der Waals surface area contributed by atoms with Crippen LogP contribution in [0.1, 0.15) is 11.1 Å². The van der Waals surface area contributed by atoms with Crippen molar-refractivity contribution in [2.24, 2.45) is 0 Å². The van der Waals surface area contributed by atoms with Crippen LogP contribution >= 0.6 is 0 Å². The molecule has 0 unspecified atom stereocenters. The second-order valence-corrected chi connectivity index (χ2v) is 7.44. The van der Waals surface area contributed by atoms with E-state index in [4.69, 9.17) is 14.7 Å². The molecule has 1 heterocycles. The van der Waals surface area contributed by atoms with Crippen molar-refractivity contribution in [1.82, 2.24) is 4.90 Å². The third-order valence-corrected chi connectivity index (χ3v) is 5.37. The predicted molar refractivity (Wildman–Crippen MR) is 127 cm³/mol. The summed E-state index contributed by atoms with van der Waals surface area (Å²) in [5.41, 5.74) is 2.58. The first-order valence-electron chi connectivity index (χ1n) is 10.6. The monoisotopic (exact) mass is 442 g/mol. The second-order valence-electron chi connectivity index (χ2n) is 7.44. The van der Waals surface area contributed by atoms with Gasteiger partial charge in [-0.2, -0.15) is 10.5 Å². The van der Waals surface area contributed by atoms with Gasteiger partial charge in [-0.3, -0.25) is 4.79 Å². The van der Waals surface area contributed by atoms with E-state index >= 15 is 0 Å². The largest absolute Gasteiger partial charge is 0.493 e. The molecule has 1 amide bonds. The quantitative estimate of drug-likeness (QED) is 0.353. The van der Waals surface area contributed by atoms with Crippen LogP contribution in [0.2, 0.25) is 0 Å². The molecule has 0 atom stereocenters. The standard InChI is InChI=1S/C26H26N4O3/c1-3-7-21-16-20(18-24(32-2)25(21)33-15-10-27)17-22(19-28)26(31)30-13-11-29(12-14-30)23-8-5-4-6-9-23/h3-6,8-9,16-18H,1,7,11-15H2,2H3/b22-17-. The number of hydrogen-bond acceptors (Lipinski definition) is 6. The molecule has 7 heteroatoms. The van der Waals surface area contributed by atoms with Crippen molar-refractivity contribution in [2.75, 3.05) is 44.8 Å². The minimum Gasteiger partial charge on any atom is -0.493 e. The van der Waals surface area contributed by atoms with Gasteiger partial charge in [-0.25, -0.2) is 0 Å². The van der Waals surface area contributed by atoms with E-state index in [0.717, 1.165) is 11.3 Å². The Morgan fingerprint density at radius 2 is 1.88 bits per heavy atom. The summed E-state index contributed by atoms with van der Waals surface area (Å²) in [5, 5.41) is 18.6. The number of anilines is 1. The lowest BCUT2D eigenvalue weighted by atomic mass is 10.0. The van der Waals surface area contributed by atoms with E-state index in [2.05, 4.69) is 23.6 Å². The fourth-order valence-electron chi connectivity index (χ4n) is 3.78. The molecule has 0 radical (unpaired) electrons. The van der Waals surface area contributed by atoms with E-state index in [9.17, 15) is 10.1 Å². The molecule has 2 aromatic rings. The Labute approximate surface area is 194 Å². The first-order chi connectivity index (χ1) is 16.1. The maximum Gasteiger partial charge on any atom is 0.264 e. The number of nitrogens with zero attached hydrogens (tertiary/aromatic N) is 4. The second kappa shape index (κ2) is 11.4. The van der Waals surface area contributed by atoms with Gasteiger partial charge in [0.15, 0.2) is 18.1 Å². The van der Waals surface area contributed by atoms with Crippen molar-refractivity contribution in [3.05, 3.63) is 71.8 Å². The molecule has 1 fully saturated rings. The highest BCUT2D eigenvalue weighted by molar-refractivity contribution is 6.02. The number of para-hydroxylation sites is 1. The topological polar surface area (TPSA) is 89.6 Å². The zero-order valence-corrected chi connectivity index (χ0v) is 18.7. The fraction of sp³-hybridized carbons (Fsp3) is 0.269. The Balaban J connectivity index is 1.80. The summed E-state index contributed by atoms with van der Waals surface area (Å²) in [6.45, 7) is 6.14. The molecule has 1 aliphatic heterocycles. The number of carbonyl (C=O) groups excluding carboxylic acids is 1. The van der Waals surface area contributed by atoms with Crippen LogP contribution in [0.25, 0.3) is 6.08 Å². The van der Waals surface area contributed by atoms with Gasteiger partial charge in [0, 0.05) is 37.4 Å². The normalized spacial score (nSPS) is 13.6. The highest BCUT2D eigenvalue weighted by Gasteiger charge is 2.24. The molecule has 0 saturated carbocycles. The number of methoxy groups -OCH3 is 1. The van der Waals surface area contributed by atoms with Crippen molar-refractivity contribution in [2.45, 2.75) is 6.42 Å². The lowest BCUT2D eigenvalue weighted by Crippen LogP contribution is -2.49. The third kappa shape index (κ3) is 5.72. The van der Waals surface area contributed by atoms with E-state index in [1.807, 2.05) is 36.4 Å². The van der Waals surface area contributed by atoms with Crippen molar-refractivity contribution in [3.8, 4) is 23.6 Å². The summed E-state index contributed by atoms with van der Waals surface area (Å²) in [7, 11) is 1.50. The summed E-state index contributed by atoms with van der Waals surface area (Å²) >= 11 is 0. The molecule has 1 aliphatic rings. The Morgan fingerprint density at radius 1 is 1.15 bits per heavy atom. The number of nitriles is 2. The van der Waals surface area contributed by atoms with Crippen molar-refractivity contribution >= 4 is 17.7 Å². The van der Waals surface area contributed by atoms with Gasteiger partial charge in [0.25, 0.3) is 5.91 Å². The van der Waals surface area contributed by atoms with Crippen LogP contribution in [0.4, 0.5) is 5.69 Å². The summed E-state index contributed by atoms with van der Waals surface area (Å²) < 4.78 is 11.0. The van der Waals surface area contributed by atoms with Gasteiger partial charge in [0.2, 0.25) is 0 Å². The van der Waals surface area contributed by atoms with Gasteiger partial charge < -0.3 is 19.3 Å². The Kier molecular flexibility index (Phi) is 8.10. The highest BCUT2D eigenvalue weighted by atomic mass is 16.5. The maximum atomic E-state index is 13.1. The molecule has 168 valence electrons. The molecule has 2 aromatic carbocycles. The van der Waals surface area contributed by atoms with Gasteiger partial charge in [-0.1, -0.05) is 24.3 Å². The number of amides is 1. The number of ether oxygens (including phenoxy) is 2. The van der Waals surface area contributed by atoms with Crippen LogP contribution < -0.4 is 14.4 Å². The van der Waals surface area contributed by atoms with Crippen molar-refractivity contribution < 1.29 is 14.3 Å². The minimum absolute atomic E-state index is 0.0560. The number of hydrogen-bond donors (Lipinski definition) is 0. The van der Waals surface area contributed by atoms with Crippen LogP contribution in [0, 0.1) is 22.7 Å². The van der Waals surface area contributed by atoms with Crippen LogP contribution in [0.3, 0.4) is 0 Å². The summed E-state index contributed by atoms with van der Waals surface area (Å²) in [4.78, 5) is 17.0. The third-order valence-electron chi connectivity index (χ3n) is 5.37. The lowest BCUT2D eigenvalue weighted by molar-refractivity contribution is -0.126. The van der Waals surface area contributed by atoms with E-state index in [-0.39, 0.29) is 18.1 Å². The van der Waals surface area contributed by atoms with E-state index in [0.29, 0.717) is 49.7 Å². The van der Waals surface area contributed by atoms with E-state index in [1.54, 1.807) is 23.1 Å². The molecule has 0 N–H and O–H groups in total. The fourth-order valence-corrected chi connectivity index (χ4v) is 3.78. The number of benzene rings is 2. The number of piperazine rings is 1. The van der Waals surface area contributed by atoms with Crippen LogP contribution in [-0.4, -0.2) is 50.7 Å². The molecular weight excluding hydrogens is 416 g/mol. The molecule has 3 rings (SSSR count). The van der Waals surface area contributed by atoms with Gasteiger partial charge in [0.05, 0.1) is 7.11 Å². The summed E-state index contributed by atoms with van der Waals surface area (Å²) in [6, 6.07) is 17.6. The molecule has 1 saturated heterocycles. The van der Waals surface area contributed by atoms with Crippen LogP contribution in [0.15, 0.2) is 60.7 Å². The zero-order chi connectivity index (χ0) is 23.6. The van der Waals surface area contributed by atoms with Gasteiger partial charge in [-0.15, -0.1) is 6.58 Å². The molecule has 0 aromatic heterocycles. The first-order valence-corrected chi connectivity index (χ1v) is 10.6. The highest BCUT2D eigenvalue weighted by Crippen LogP contribution is 2.34. The molecular formula is C26H26N4O3. The Morgan fingerprint density at radius 3 is 2.48 bits per heavy atom. The smallest absolute Gasteiger partial charge is 0.264 e. The van der Waals surface area contributed by atoms with Gasteiger partial charge in [-0.05, 0) is 42.3 Å². The zero-order valence-electron chi connectivity index (χ0n) is 18.7. The molecule has 7 nitrogen and oxygen atoms in total. The molecule has 0 aliphatic carbocycles. The average molecular weight is 443 g/mol. The number of carbonyl (C=O) groups is 1. The predicted octanol–water partition coefficient (Wildman–Crippen LogP) is 3.58. The van der Waals surface area contributed by atoms with Gasteiger partial charge >= 0.3 is 0 Å². The van der Waals surface area contributed by atoms with E-state index in [1.165, 1.54) is 7.11 Å². The number of rotatable bonds is 8. The SMILES string of the molecule is C=CCc1cc(/C=C(/C#N)C(=O)N2CCN(c3ccccc3)CC2)cc(OC)c1OCC#N. The van der Waals surface area contributed by atoms with Crippen LogP contribution in [0.5, 0.6) is 11.5 Å². The Hall–Kier alpha value is -4.23. The van der Waals surface area contributed by atoms with Crippen LogP contribution in [-0.2, 0) is 11.2 Å². The molecule has 33 heavy (non-hydrogen) atoms. The summed E-state index contributed by atoms with van der Waals surface area (Å²) in [5.74, 6) is 0.592. The first kappa shape index (κ1) is 23.4. The minimum atomic E-state index is -0.292. The van der Waals surface area contributed by atoms with E-state index < -0.39 is 0 Å². The number of allylic oxidation sites excluding steroid dienone is 1.